The van der Waals surface area contributed by atoms with Crippen LogP contribution < -0.4 is 19.7 Å². The lowest BCUT2D eigenvalue weighted by molar-refractivity contribution is -0.122. The molecule has 1 saturated heterocycles. The Labute approximate surface area is 220 Å². The third-order valence-corrected chi connectivity index (χ3v) is 6.24. The van der Waals surface area contributed by atoms with Crippen molar-refractivity contribution in [2.75, 3.05) is 12.0 Å². The normalized spacial score (nSPS) is 14.6. The summed E-state index contributed by atoms with van der Waals surface area (Å²) in [5, 5.41) is 11.6. The molecule has 2 amide bonds. The van der Waals surface area contributed by atoms with Crippen molar-refractivity contribution in [3.8, 4) is 11.5 Å². The molecule has 0 radical (unpaired) electrons. The fourth-order valence-electron chi connectivity index (χ4n) is 3.49. The Bertz CT molecular complexity index is 1410. The molecular weight excluding hydrogens is 548 g/mol. The number of anilines is 1. The van der Waals surface area contributed by atoms with Gasteiger partial charge in [0.1, 0.15) is 12.2 Å². The minimum atomic E-state index is -1.15. The van der Waals surface area contributed by atoms with Gasteiger partial charge in [0.05, 0.1) is 18.4 Å². The van der Waals surface area contributed by atoms with Crippen LogP contribution in [0.2, 0.25) is 0 Å². The molecule has 1 aliphatic rings. The summed E-state index contributed by atoms with van der Waals surface area (Å²) in [6.45, 7) is 0.326. The van der Waals surface area contributed by atoms with E-state index in [2.05, 4.69) is 21.2 Å². The first-order valence-corrected chi connectivity index (χ1v) is 11.8. The highest BCUT2D eigenvalue weighted by atomic mass is 79.9. The summed E-state index contributed by atoms with van der Waals surface area (Å²) in [6, 6.07) is 18.7. The van der Waals surface area contributed by atoms with Crippen LogP contribution in [0, 0.1) is 0 Å². The Kier molecular flexibility index (Phi) is 7.47. The van der Waals surface area contributed by atoms with E-state index in [1.54, 1.807) is 12.1 Å². The molecule has 0 aromatic heterocycles. The molecule has 1 fully saturated rings. The van der Waals surface area contributed by atoms with E-state index in [-0.39, 0.29) is 21.9 Å². The second-order valence-electron chi connectivity index (χ2n) is 7.61. The van der Waals surface area contributed by atoms with Crippen molar-refractivity contribution in [1.29, 1.82) is 0 Å². The van der Waals surface area contributed by atoms with Gasteiger partial charge in [-0.05, 0) is 59.8 Å². The zero-order chi connectivity index (χ0) is 25.8. The van der Waals surface area contributed by atoms with E-state index in [1.807, 2.05) is 30.3 Å². The Morgan fingerprint density at radius 3 is 2.53 bits per heavy atom. The van der Waals surface area contributed by atoms with Gasteiger partial charge in [-0.15, -0.1) is 0 Å². The number of hydrogen-bond acceptors (Lipinski definition) is 6. The molecular formula is C26H19BrN2O6S. The fraction of sp³-hybridized carbons (Fsp3) is 0.0769. The maximum absolute atomic E-state index is 13.3. The molecule has 3 aromatic rings. The molecule has 0 spiro atoms. The van der Waals surface area contributed by atoms with E-state index in [0.29, 0.717) is 28.1 Å². The Hall–Kier alpha value is -4.02. The highest BCUT2D eigenvalue weighted by Gasteiger charge is 2.35. The molecule has 3 aromatic carbocycles. The fourth-order valence-corrected chi connectivity index (χ4v) is 4.21. The smallest absolute Gasteiger partial charge is 0.335 e. The third-order valence-electron chi connectivity index (χ3n) is 5.27. The van der Waals surface area contributed by atoms with E-state index < -0.39 is 17.8 Å². The van der Waals surface area contributed by atoms with Crippen LogP contribution in [0.5, 0.6) is 11.5 Å². The highest BCUT2D eigenvalue weighted by Crippen LogP contribution is 2.35. The van der Waals surface area contributed by atoms with Crippen LogP contribution >= 0.6 is 28.1 Å². The number of rotatable bonds is 7. The number of halogens is 1. The number of benzene rings is 3. The van der Waals surface area contributed by atoms with Crippen LogP contribution in [0.25, 0.3) is 6.08 Å². The zero-order valence-electron chi connectivity index (χ0n) is 18.9. The number of hydrogen-bond donors (Lipinski definition) is 2. The van der Waals surface area contributed by atoms with Gasteiger partial charge >= 0.3 is 5.97 Å². The predicted octanol–water partition coefficient (Wildman–Crippen LogP) is 4.57. The van der Waals surface area contributed by atoms with Gasteiger partial charge < -0.3 is 14.6 Å². The van der Waals surface area contributed by atoms with Gasteiger partial charge in [0.2, 0.25) is 0 Å². The summed E-state index contributed by atoms with van der Waals surface area (Å²) < 4.78 is 11.9. The number of carbonyl (C=O) groups is 3. The number of amides is 2. The molecule has 8 nitrogen and oxygen atoms in total. The van der Waals surface area contributed by atoms with Gasteiger partial charge in [-0.2, -0.15) is 0 Å². The van der Waals surface area contributed by atoms with Crippen molar-refractivity contribution >= 4 is 62.8 Å². The first kappa shape index (κ1) is 25.1. The SMILES string of the molecule is COc1cc(C=C2C(=O)NC(=S)N(c3cccc(C(=O)O)c3)C2=O)c(Br)cc1OCc1ccccc1. The van der Waals surface area contributed by atoms with E-state index in [9.17, 15) is 19.5 Å². The quantitative estimate of drug-likeness (QED) is 0.245. The van der Waals surface area contributed by atoms with E-state index >= 15 is 0 Å². The van der Waals surface area contributed by atoms with Gasteiger partial charge in [0, 0.05) is 4.47 Å². The molecule has 4 rings (SSSR count). The van der Waals surface area contributed by atoms with Gasteiger partial charge in [-0.1, -0.05) is 52.3 Å². The zero-order valence-corrected chi connectivity index (χ0v) is 21.3. The maximum atomic E-state index is 13.3. The van der Waals surface area contributed by atoms with Crippen molar-refractivity contribution in [3.05, 3.63) is 93.5 Å². The summed E-state index contributed by atoms with van der Waals surface area (Å²) in [4.78, 5) is 38.4. The van der Waals surface area contributed by atoms with E-state index in [1.165, 1.54) is 37.5 Å². The van der Waals surface area contributed by atoms with Crippen LogP contribution in [-0.2, 0) is 16.2 Å². The number of carboxylic acids is 1. The lowest BCUT2D eigenvalue weighted by Crippen LogP contribution is -2.54. The lowest BCUT2D eigenvalue weighted by atomic mass is 10.1. The number of nitrogens with one attached hydrogen (secondary N) is 1. The summed E-state index contributed by atoms with van der Waals surface area (Å²) in [7, 11) is 1.49. The lowest BCUT2D eigenvalue weighted by Gasteiger charge is -2.29. The number of carbonyl (C=O) groups excluding carboxylic acids is 2. The van der Waals surface area contributed by atoms with Crippen LogP contribution in [0.15, 0.2) is 76.8 Å². The molecule has 10 heteroatoms. The number of methoxy groups -OCH3 is 1. The highest BCUT2D eigenvalue weighted by molar-refractivity contribution is 9.10. The monoisotopic (exact) mass is 566 g/mol. The summed E-state index contributed by atoms with van der Waals surface area (Å²) in [6.07, 6.45) is 1.40. The number of ether oxygens (including phenoxy) is 2. The van der Waals surface area contributed by atoms with Gasteiger partial charge in [0.25, 0.3) is 11.8 Å². The second kappa shape index (κ2) is 10.7. The predicted molar refractivity (Wildman–Crippen MR) is 141 cm³/mol. The van der Waals surface area contributed by atoms with Crippen molar-refractivity contribution in [2.45, 2.75) is 6.61 Å². The van der Waals surface area contributed by atoms with Crippen LogP contribution in [-0.4, -0.2) is 35.1 Å². The summed E-state index contributed by atoms with van der Waals surface area (Å²) in [5.74, 6) is -1.64. The minimum absolute atomic E-state index is 0.0240. The second-order valence-corrected chi connectivity index (χ2v) is 8.85. The van der Waals surface area contributed by atoms with Crippen molar-refractivity contribution in [3.63, 3.8) is 0 Å². The standard InChI is InChI=1S/C26H19BrN2O6S/c1-34-21-12-17(20(27)13-22(21)35-14-15-6-3-2-4-7-15)11-19-23(30)28-26(36)29(24(19)31)18-9-5-8-16(10-18)25(32)33/h2-13H,14H2,1H3,(H,32,33)(H,28,30,36). The average molecular weight is 567 g/mol. The number of aromatic carboxylic acids is 1. The van der Waals surface area contributed by atoms with Crippen LogP contribution in [0.3, 0.4) is 0 Å². The van der Waals surface area contributed by atoms with E-state index in [0.717, 1.165) is 10.5 Å². The minimum Gasteiger partial charge on any atom is -0.493 e. The first-order valence-electron chi connectivity index (χ1n) is 10.6. The van der Waals surface area contributed by atoms with Gasteiger partial charge in [-0.25, -0.2) is 4.79 Å². The van der Waals surface area contributed by atoms with E-state index in [4.69, 9.17) is 21.7 Å². The summed E-state index contributed by atoms with van der Waals surface area (Å²) >= 11 is 8.67. The molecule has 0 saturated carbocycles. The molecule has 36 heavy (non-hydrogen) atoms. The summed E-state index contributed by atoms with van der Waals surface area (Å²) in [5.41, 5.74) is 1.48. The average Bonchev–Trinajstić information content (AvgIpc) is 2.86. The van der Waals surface area contributed by atoms with Crippen LogP contribution in [0.1, 0.15) is 21.5 Å². The molecule has 0 atom stereocenters. The molecule has 1 heterocycles. The Morgan fingerprint density at radius 1 is 1.08 bits per heavy atom. The van der Waals surface area contributed by atoms with Crippen LogP contribution in [0.4, 0.5) is 5.69 Å². The topological polar surface area (TPSA) is 105 Å². The molecule has 0 unspecified atom stereocenters. The molecule has 2 N–H and O–H groups in total. The molecule has 1 aliphatic heterocycles. The number of carboxylic acid groups (broad SMARTS) is 1. The maximum Gasteiger partial charge on any atom is 0.335 e. The van der Waals surface area contributed by atoms with Crippen molar-refractivity contribution in [1.82, 2.24) is 5.32 Å². The Morgan fingerprint density at radius 2 is 1.83 bits per heavy atom. The van der Waals surface area contributed by atoms with Gasteiger partial charge in [0.15, 0.2) is 16.6 Å². The molecule has 0 aliphatic carbocycles. The number of thiocarbonyl (C=S) groups is 1. The molecule has 0 bridgehead atoms. The van der Waals surface area contributed by atoms with Gasteiger partial charge in [-0.3, -0.25) is 19.8 Å². The third kappa shape index (κ3) is 5.29. The largest absolute Gasteiger partial charge is 0.493 e. The van der Waals surface area contributed by atoms with Crippen molar-refractivity contribution < 1.29 is 29.0 Å². The number of nitrogens with zero attached hydrogens (tertiary/aromatic N) is 1. The van der Waals surface area contributed by atoms with Crippen molar-refractivity contribution in [2.24, 2.45) is 0 Å². The first-order chi connectivity index (χ1) is 17.3. The Balaban J connectivity index is 1.66. The molecule has 182 valence electrons.